The number of aromatic nitrogens is 4. The van der Waals surface area contributed by atoms with Gasteiger partial charge >= 0.3 is 5.97 Å². The number of ether oxygens (including phenoxy) is 2. The standard InChI is InChI=1S/C22H32N6O3/c1-3-31-21(29)22-6-4-18(26-8-10-30-11-9-26)13-17(22)5-7-27(14-22)19-12-16(2)25-28-15-23-24-20(19)28/h12,15,17-18H,3-11,13-14H2,1-2H3/t17-,18+,22-/m1/s1. The minimum atomic E-state index is -0.467. The normalized spacial score (nSPS) is 29.7. The third-order valence-corrected chi connectivity index (χ3v) is 7.44. The highest BCUT2D eigenvalue weighted by Gasteiger charge is 2.54. The zero-order valence-corrected chi connectivity index (χ0v) is 18.5. The van der Waals surface area contributed by atoms with Gasteiger partial charge in [-0.15, -0.1) is 10.2 Å². The summed E-state index contributed by atoms with van der Waals surface area (Å²) < 4.78 is 12.9. The first-order valence-corrected chi connectivity index (χ1v) is 11.5. The fraction of sp³-hybridized carbons (Fsp3) is 0.727. The second kappa shape index (κ2) is 8.35. The number of anilines is 1. The molecule has 0 N–H and O–H groups in total. The predicted octanol–water partition coefficient (Wildman–Crippen LogP) is 1.69. The Morgan fingerprint density at radius 3 is 2.94 bits per heavy atom. The van der Waals surface area contributed by atoms with Gasteiger partial charge in [0.1, 0.15) is 6.33 Å². The number of hydrogen-bond acceptors (Lipinski definition) is 8. The Morgan fingerprint density at radius 2 is 2.13 bits per heavy atom. The molecule has 4 heterocycles. The molecule has 1 saturated carbocycles. The number of rotatable bonds is 4. The van der Waals surface area contributed by atoms with Crippen LogP contribution < -0.4 is 4.90 Å². The lowest BCUT2D eigenvalue weighted by Gasteiger charge is -2.53. The van der Waals surface area contributed by atoms with Gasteiger partial charge in [-0.05, 0) is 51.5 Å². The van der Waals surface area contributed by atoms with Crippen molar-refractivity contribution in [1.82, 2.24) is 24.7 Å². The Morgan fingerprint density at radius 1 is 1.29 bits per heavy atom. The highest BCUT2D eigenvalue weighted by Crippen LogP contribution is 2.49. The van der Waals surface area contributed by atoms with Crippen molar-refractivity contribution in [2.45, 2.75) is 45.6 Å². The van der Waals surface area contributed by atoms with E-state index in [0.29, 0.717) is 25.1 Å². The van der Waals surface area contributed by atoms with E-state index in [1.165, 1.54) is 0 Å². The van der Waals surface area contributed by atoms with E-state index in [9.17, 15) is 4.79 Å². The molecule has 0 bridgehead atoms. The van der Waals surface area contributed by atoms with Crippen LogP contribution in [0.3, 0.4) is 0 Å². The predicted molar refractivity (Wildman–Crippen MR) is 115 cm³/mol. The van der Waals surface area contributed by atoms with Crippen molar-refractivity contribution in [3.05, 3.63) is 18.1 Å². The van der Waals surface area contributed by atoms with E-state index >= 15 is 0 Å². The monoisotopic (exact) mass is 428 g/mol. The summed E-state index contributed by atoms with van der Waals surface area (Å²) in [6.07, 6.45) is 5.55. The van der Waals surface area contributed by atoms with Gasteiger partial charge in [0.25, 0.3) is 0 Å². The lowest BCUT2D eigenvalue weighted by Crippen LogP contribution is -2.59. The first-order valence-electron chi connectivity index (χ1n) is 11.5. The van der Waals surface area contributed by atoms with E-state index in [2.05, 4.69) is 31.2 Å². The van der Waals surface area contributed by atoms with Gasteiger partial charge in [-0.3, -0.25) is 9.69 Å². The molecule has 3 atom stereocenters. The SMILES string of the molecule is CCOC(=O)[C@@]12CC[C@H](N3CCOCC3)C[C@H]1CCN(c1cc(C)nn3cnnc13)C2. The second-order valence-corrected chi connectivity index (χ2v) is 9.13. The van der Waals surface area contributed by atoms with Crippen molar-refractivity contribution in [3.8, 4) is 0 Å². The average Bonchev–Trinajstić information content (AvgIpc) is 3.27. The molecular weight excluding hydrogens is 396 g/mol. The van der Waals surface area contributed by atoms with Gasteiger partial charge in [-0.1, -0.05) is 0 Å². The third-order valence-electron chi connectivity index (χ3n) is 7.44. The summed E-state index contributed by atoms with van der Waals surface area (Å²) in [5.41, 5.74) is 2.18. The summed E-state index contributed by atoms with van der Waals surface area (Å²) in [5, 5.41) is 12.8. The Balaban J connectivity index is 1.43. The van der Waals surface area contributed by atoms with E-state index in [-0.39, 0.29) is 5.97 Å². The van der Waals surface area contributed by atoms with Crippen LogP contribution in [0.5, 0.6) is 0 Å². The smallest absolute Gasteiger partial charge is 0.314 e. The van der Waals surface area contributed by atoms with Crippen LogP contribution in [0, 0.1) is 18.3 Å². The third kappa shape index (κ3) is 3.67. The molecule has 0 radical (unpaired) electrons. The zero-order chi connectivity index (χ0) is 21.4. The van der Waals surface area contributed by atoms with E-state index in [0.717, 1.165) is 75.6 Å². The number of aryl methyl sites for hydroxylation is 1. The Labute approximate surface area is 182 Å². The summed E-state index contributed by atoms with van der Waals surface area (Å²) in [5.74, 6) is 0.301. The molecule has 168 valence electrons. The molecule has 3 fully saturated rings. The molecule has 0 unspecified atom stereocenters. The number of esters is 1. The second-order valence-electron chi connectivity index (χ2n) is 9.13. The minimum absolute atomic E-state index is 0.0339. The molecule has 31 heavy (non-hydrogen) atoms. The van der Waals surface area contributed by atoms with Crippen molar-refractivity contribution >= 4 is 17.3 Å². The maximum atomic E-state index is 13.4. The van der Waals surface area contributed by atoms with Gasteiger partial charge in [0.05, 0.1) is 36.6 Å². The number of piperidine rings is 1. The van der Waals surface area contributed by atoms with E-state index < -0.39 is 5.41 Å². The summed E-state index contributed by atoms with van der Waals surface area (Å²) in [6.45, 7) is 9.48. The van der Waals surface area contributed by atoms with Gasteiger partial charge in [0.15, 0.2) is 0 Å². The quantitative estimate of drug-likeness (QED) is 0.681. The largest absolute Gasteiger partial charge is 0.466 e. The van der Waals surface area contributed by atoms with E-state index in [4.69, 9.17) is 9.47 Å². The van der Waals surface area contributed by atoms with Gasteiger partial charge < -0.3 is 14.4 Å². The van der Waals surface area contributed by atoms with Crippen LogP contribution in [0.2, 0.25) is 0 Å². The molecule has 0 spiro atoms. The Kier molecular flexibility index (Phi) is 5.56. The number of nitrogens with zero attached hydrogens (tertiary/aromatic N) is 6. The summed E-state index contributed by atoms with van der Waals surface area (Å²) >= 11 is 0. The number of morpholine rings is 1. The molecule has 0 aromatic carbocycles. The fourth-order valence-electron chi connectivity index (χ4n) is 5.89. The maximum absolute atomic E-state index is 13.4. The van der Waals surface area contributed by atoms with Crippen LogP contribution in [0.25, 0.3) is 5.65 Å². The molecule has 2 saturated heterocycles. The first-order chi connectivity index (χ1) is 15.1. The molecule has 2 aromatic rings. The van der Waals surface area contributed by atoms with Crippen LogP contribution in [0.15, 0.2) is 12.4 Å². The lowest BCUT2D eigenvalue weighted by atomic mass is 9.61. The molecular formula is C22H32N6O3. The minimum Gasteiger partial charge on any atom is -0.466 e. The van der Waals surface area contributed by atoms with Gasteiger partial charge in [0, 0.05) is 32.2 Å². The van der Waals surface area contributed by atoms with Gasteiger partial charge in [-0.25, -0.2) is 0 Å². The topological polar surface area (TPSA) is 85.1 Å². The van der Waals surface area contributed by atoms with Crippen LogP contribution in [-0.2, 0) is 14.3 Å². The van der Waals surface area contributed by atoms with Crippen molar-refractivity contribution in [3.63, 3.8) is 0 Å². The molecule has 0 amide bonds. The summed E-state index contributed by atoms with van der Waals surface area (Å²) in [7, 11) is 0. The molecule has 9 heteroatoms. The van der Waals surface area contributed by atoms with Crippen LogP contribution >= 0.6 is 0 Å². The average molecular weight is 429 g/mol. The molecule has 2 aliphatic heterocycles. The lowest BCUT2D eigenvalue weighted by molar-refractivity contribution is -0.164. The van der Waals surface area contributed by atoms with Crippen molar-refractivity contribution < 1.29 is 14.3 Å². The van der Waals surface area contributed by atoms with Crippen molar-refractivity contribution in [2.24, 2.45) is 11.3 Å². The molecule has 1 aliphatic carbocycles. The number of fused-ring (bicyclic) bond motifs is 2. The van der Waals surface area contributed by atoms with Gasteiger partial charge in [-0.2, -0.15) is 9.61 Å². The first kappa shape index (κ1) is 20.6. The van der Waals surface area contributed by atoms with Crippen molar-refractivity contribution in [2.75, 3.05) is 50.9 Å². The van der Waals surface area contributed by atoms with Crippen LogP contribution in [0.4, 0.5) is 5.69 Å². The molecule has 5 rings (SSSR count). The fourth-order valence-corrected chi connectivity index (χ4v) is 5.89. The Hall–Kier alpha value is -2.26. The number of hydrogen-bond donors (Lipinski definition) is 0. The summed E-state index contributed by atoms with van der Waals surface area (Å²) in [6, 6.07) is 2.59. The van der Waals surface area contributed by atoms with E-state index in [1.807, 2.05) is 13.8 Å². The highest BCUT2D eigenvalue weighted by molar-refractivity contribution is 5.80. The highest BCUT2D eigenvalue weighted by atomic mass is 16.5. The molecule has 9 nitrogen and oxygen atoms in total. The summed E-state index contributed by atoms with van der Waals surface area (Å²) in [4.78, 5) is 18.2. The Bertz CT molecular complexity index is 942. The zero-order valence-electron chi connectivity index (χ0n) is 18.5. The van der Waals surface area contributed by atoms with Crippen molar-refractivity contribution in [1.29, 1.82) is 0 Å². The van der Waals surface area contributed by atoms with E-state index in [1.54, 1.807) is 10.8 Å². The molecule has 2 aromatic heterocycles. The number of carbonyl (C=O) groups is 1. The number of carbonyl (C=O) groups excluding carboxylic acids is 1. The van der Waals surface area contributed by atoms with Crippen LogP contribution in [-0.4, -0.2) is 82.7 Å². The molecule has 3 aliphatic rings. The van der Waals surface area contributed by atoms with Crippen LogP contribution in [0.1, 0.15) is 38.3 Å². The van der Waals surface area contributed by atoms with Gasteiger partial charge in [0.2, 0.25) is 5.65 Å². The maximum Gasteiger partial charge on any atom is 0.314 e.